The molecule has 2 atom stereocenters. The molecule has 3 heteroatoms. The highest BCUT2D eigenvalue weighted by Gasteiger charge is 2.29. The number of rotatable bonds is 3. The van der Waals surface area contributed by atoms with Gasteiger partial charge in [0.15, 0.2) is 0 Å². The second-order valence-corrected chi connectivity index (χ2v) is 5.78. The van der Waals surface area contributed by atoms with E-state index in [1.807, 2.05) is 0 Å². The van der Waals surface area contributed by atoms with Gasteiger partial charge in [0.05, 0.1) is 0 Å². The molecule has 3 aliphatic rings. The number of nitrogens with zero attached hydrogens (tertiary/aromatic N) is 2. The summed E-state index contributed by atoms with van der Waals surface area (Å²) in [6, 6.07) is 1.63. The molecule has 0 spiro atoms. The molecular formula is C13H25N3. The van der Waals surface area contributed by atoms with E-state index in [2.05, 4.69) is 15.1 Å². The molecule has 0 aliphatic carbocycles. The standard InChI is InChI=1S/C13H25N3/c1-2-7-15(6-1)9-10-16-8-5-12-3-4-13(11-16)14-12/h12-14H,1-11H2. The van der Waals surface area contributed by atoms with Crippen molar-refractivity contribution in [3.05, 3.63) is 0 Å². The Kier molecular flexibility index (Phi) is 3.46. The maximum atomic E-state index is 3.76. The molecule has 0 aromatic rings. The lowest BCUT2D eigenvalue weighted by atomic mass is 10.1. The first kappa shape index (κ1) is 11.0. The average Bonchev–Trinajstić information content (AvgIpc) is 2.87. The van der Waals surface area contributed by atoms with Crippen molar-refractivity contribution < 1.29 is 0 Å². The van der Waals surface area contributed by atoms with Crippen LogP contribution in [0.15, 0.2) is 0 Å². The highest BCUT2D eigenvalue weighted by molar-refractivity contribution is 4.89. The second-order valence-electron chi connectivity index (χ2n) is 5.78. The van der Waals surface area contributed by atoms with Gasteiger partial charge in [0, 0.05) is 31.7 Å². The molecule has 2 unspecified atom stereocenters. The predicted molar refractivity (Wildman–Crippen MR) is 66.7 cm³/mol. The molecule has 0 amide bonds. The zero-order valence-electron chi connectivity index (χ0n) is 10.3. The van der Waals surface area contributed by atoms with Gasteiger partial charge in [-0.2, -0.15) is 0 Å². The molecule has 92 valence electrons. The Morgan fingerprint density at radius 1 is 0.812 bits per heavy atom. The summed E-state index contributed by atoms with van der Waals surface area (Å²) in [4.78, 5) is 5.33. The third-order valence-corrected chi connectivity index (χ3v) is 4.54. The molecule has 1 N–H and O–H groups in total. The first-order valence-corrected chi connectivity index (χ1v) is 7.11. The maximum Gasteiger partial charge on any atom is 0.0198 e. The third-order valence-electron chi connectivity index (χ3n) is 4.54. The highest BCUT2D eigenvalue weighted by atomic mass is 15.2. The quantitative estimate of drug-likeness (QED) is 0.767. The van der Waals surface area contributed by atoms with Crippen molar-refractivity contribution in [2.75, 3.05) is 39.3 Å². The van der Waals surface area contributed by atoms with E-state index in [-0.39, 0.29) is 0 Å². The lowest BCUT2D eigenvalue weighted by Crippen LogP contribution is -2.39. The second kappa shape index (κ2) is 5.03. The minimum atomic E-state index is 0.797. The Labute approximate surface area is 99.2 Å². The minimum Gasteiger partial charge on any atom is -0.310 e. The van der Waals surface area contributed by atoms with Gasteiger partial charge in [-0.1, -0.05) is 0 Å². The van der Waals surface area contributed by atoms with Crippen LogP contribution >= 0.6 is 0 Å². The number of likely N-dealkylation sites (tertiary alicyclic amines) is 2. The monoisotopic (exact) mass is 223 g/mol. The lowest BCUT2D eigenvalue weighted by Gasteiger charge is -2.26. The van der Waals surface area contributed by atoms with Crippen LogP contribution in [-0.4, -0.2) is 61.2 Å². The summed E-state index contributed by atoms with van der Waals surface area (Å²) < 4.78 is 0. The summed E-state index contributed by atoms with van der Waals surface area (Å²) in [5, 5.41) is 3.76. The third kappa shape index (κ3) is 2.58. The van der Waals surface area contributed by atoms with Crippen LogP contribution in [0.2, 0.25) is 0 Å². The molecule has 0 aromatic heterocycles. The van der Waals surface area contributed by atoms with Crippen molar-refractivity contribution in [3.63, 3.8) is 0 Å². The van der Waals surface area contributed by atoms with Gasteiger partial charge in [-0.25, -0.2) is 0 Å². The van der Waals surface area contributed by atoms with Crippen molar-refractivity contribution in [2.45, 2.75) is 44.2 Å². The van der Waals surface area contributed by atoms with Gasteiger partial charge in [0.1, 0.15) is 0 Å². The van der Waals surface area contributed by atoms with E-state index in [0.29, 0.717) is 0 Å². The molecule has 3 saturated heterocycles. The largest absolute Gasteiger partial charge is 0.310 e. The summed E-state index contributed by atoms with van der Waals surface area (Å²) >= 11 is 0. The molecule has 3 heterocycles. The van der Waals surface area contributed by atoms with Gasteiger partial charge < -0.3 is 15.1 Å². The van der Waals surface area contributed by atoms with E-state index in [0.717, 1.165) is 12.1 Å². The minimum absolute atomic E-state index is 0.797. The first-order chi connectivity index (χ1) is 7.90. The summed E-state index contributed by atoms with van der Waals surface area (Å²) in [5.41, 5.74) is 0. The van der Waals surface area contributed by atoms with Crippen LogP contribution in [0, 0.1) is 0 Å². The molecule has 0 saturated carbocycles. The zero-order chi connectivity index (χ0) is 10.8. The topological polar surface area (TPSA) is 18.5 Å². The van der Waals surface area contributed by atoms with E-state index >= 15 is 0 Å². The van der Waals surface area contributed by atoms with E-state index in [4.69, 9.17) is 0 Å². The van der Waals surface area contributed by atoms with Gasteiger partial charge in [-0.05, 0) is 51.7 Å². The van der Waals surface area contributed by atoms with E-state index in [1.54, 1.807) is 0 Å². The van der Waals surface area contributed by atoms with Crippen molar-refractivity contribution in [1.29, 1.82) is 0 Å². The Balaban J connectivity index is 1.44. The Bertz CT molecular complexity index is 225. The van der Waals surface area contributed by atoms with Crippen LogP contribution in [0.5, 0.6) is 0 Å². The van der Waals surface area contributed by atoms with Gasteiger partial charge in [0.25, 0.3) is 0 Å². The van der Waals surface area contributed by atoms with Gasteiger partial charge in [-0.3, -0.25) is 0 Å². The fraction of sp³-hybridized carbons (Fsp3) is 1.00. The normalized spacial score (nSPS) is 36.8. The van der Waals surface area contributed by atoms with Crippen molar-refractivity contribution in [2.24, 2.45) is 0 Å². The molecular weight excluding hydrogens is 198 g/mol. The summed E-state index contributed by atoms with van der Waals surface area (Å²) in [5.74, 6) is 0. The molecule has 0 radical (unpaired) electrons. The molecule has 0 aromatic carbocycles. The van der Waals surface area contributed by atoms with Crippen LogP contribution in [0.3, 0.4) is 0 Å². The Morgan fingerprint density at radius 3 is 2.44 bits per heavy atom. The smallest absolute Gasteiger partial charge is 0.0198 e. The summed E-state index contributed by atoms with van der Waals surface area (Å²) in [6.45, 7) is 7.91. The van der Waals surface area contributed by atoms with Gasteiger partial charge in [-0.15, -0.1) is 0 Å². The Morgan fingerprint density at radius 2 is 1.56 bits per heavy atom. The fourth-order valence-electron chi connectivity index (χ4n) is 3.51. The number of hydrogen-bond acceptors (Lipinski definition) is 3. The SMILES string of the molecule is C1CCN(CCN2CCC3CCC(C2)N3)C1. The van der Waals surface area contributed by atoms with Crippen molar-refractivity contribution in [3.8, 4) is 0 Å². The van der Waals surface area contributed by atoms with Gasteiger partial charge in [0.2, 0.25) is 0 Å². The summed E-state index contributed by atoms with van der Waals surface area (Å²) in [7, 11) is 0. The van der Waals surface area contributed by atoms with Crippen molar-refractivity contribution in [1.82, 2.24) is 15.1 Å². The first-order valence-electron chi connectivity index (χ1n) is 7.11. The molecule has 3 fully saturated rings. The number of hydrogen-bond donors (Lipinski definition) is 1. The average molecular weight is 223 g/mol. The molecule has 16 heavy (non-hydrogen) atoms. The Hall–Kier alpha value is -0.120. The van der Waals surface area contributed by atoms with Crippen LogP contribution < -0.4 is 5.32 Å². The van der Waals surface area contributed by atoms with Gasteiger partial charge >= 0.3 is 0 Å². The van der Waals surface area contributed by atoms with E-state index in [1.165, 1.54) is 71.4 Å². The lowest BCUT2D eigenvalue weighted by molar-refractivity contribution is 0.216. The highest BCUT2D eigenvalue weighted by Crippen LogP contribution is 2.20. The zero-order valence-corrected chi connectivity index (χ0v) is 10.3. The molecule has 3 nitrogen and oxygen atoms in total. The number of fused-ring (bicyclic) bond motifs is 2. The van der Waals surface area contributed by atoms with Crippen LogP contribution in [-0.2, 0) is 0 Å². The number of nitrogens with one attached hydrogen (secondary N) is 1. The van der Waals surface area contributed by atoms with E-state index in [9.17, 15) is 0 Å². The fourth-order valence-corrected chi connectivity index (χ4v) is 3.51. The molecule has 2 bridgehead atoms. The van der Waals surface area contributed by atoms with Crippen molar-refractivity contribution >= 4 is 0 Å². The molecule has 3 rings (SSSR count). The van der Waals surface area contributed by atoms with Crippen LogP contribution in [0.4, 0.5) is 0 Å². The molecule has 3 aliphatic heterocycles. The summed E-state index contributed by atoms with van der Waals surface area (Å²) in [6.07, 6.45) is 7.05. The van der Waals surface area contributed by atoms with Crippen LogP contribution in [0.1, 0.15) is 32.1 Å². The predicted octanol–water partition coefficient (Wildman–Crippen LogP) is 0.909. The van der Waals surface area contributed by atoms with E-state index < -0.39 is 0 Å². The van der Waals surface area contributed by atoms with Crippen LogP contribution in [0.25, 0.3) is 0 Å². The maximum absolute atomic E-state index is 3.76.